The summed E-state index contributed by atoms with van der Waals surface area (Å²) in [6.07, 6.45) is 8.25. The number of piperidine rings is 1. The third-order valence-electron chi connectivity index (χ3n) is 5.93. The number of nitrogens with one attached hydrogen (secondary N) is 1. The molecule has 2 aliphatic rings. The van der Waals surface area contributed by atoms with Crippen LogP contribution in [0.4, 0.5) is 0 Å². The predicted molar refractivity (Wildman–Crippen MR) is 110 cm³/mol. The third kappa shape index (κ3) is 3.28. The van der Waals surface area contributed by atoms with Gasteiger partial charge in [-0.25, -0.2) is 4.98 Å². The van der Waals surface area contributed by atoms with Gasteiger partial charge in [-0.15, -0.1) is 0 Å². The Morgan fingerprint density at radius 2 is 1.77 bits per heavy atom. The number of nitrogens with zero attached hydrogens (tertiary/aromatic N) is 5. The Morgan fingerprint density at radius 1 is 0.967 bits per heavy atom. The molecule has 3 aromatic rings. The van der Waals surface area contributed by atoms with E-state index in [0.717, 1.165) is 37.3 Å². The molecule has 0 radical (unpaired) electrons. The Bertz CT molecular complexity index is 1040. The summed E-state index contributed by atoms with van der Waals surface area (Å²) in [7, 11) is 0. The summed E-state index contributed by atoms with van der Waals surface area (Å²) in [6, 6.07) is 9.50. The van der Waals surface area contributed by atoms with Crippen LogP contribution < -0.4 is 0 Å². The number of hydrogen-bond acceptors (Lipinski definition) is 4. The van der Waals surface area contributed by atoms with E-state index in [1.165, 1.54) is 12.6 Å². The van der Waals surface area contributed by atoms with Gasteiger partial charge in [-0.1, -0.05) is 30.3 Å². The second-order valence-electron chi connectivity index (χ2n) is 7.83. The zero-order valence-electron chi connectivity index (χ0n) is 16.7. The van der Waals surface area contributed by atoms with Crippen molar-refractivity contribution >= 4 is 11.8 Å². The summed E-state index contributed by atoms with van der Waals surface area (Å²) in [4.78, 5) is 34.7. The van der Waals surface area contributed by atoms with Crippen molar-refractivity contribution in [2.75, 3.05) is 19.6 Å². The van der Waals surface area contributed by atoms with Crippen molar-refractivity contribution in [1.82, 2.24) is 29.5 Å². The minimum atomic E-state index is -0.356. The van der Waals surface area contributed by atoms with E-state index < -0.39 is 0 Å². The van der Waals surface area contributed by atoms with Gasteiger partial charge in [-0.2, -0.15) is 5.10 Å². The number of hydrogen-bond donors (Lipinski definition) is 1. The highest BCUT2D eigenvalue weighted by Crippen LogP contribution is 2.33. The maximum absolute atomic E-state index is 13.2. The van der Waals surface area contributed by atoms with Crippen LogP contribution in [0.5, 0.6) is 0 Å². The van der Waals surface area contributed by atoms with Crippen LogP contribution in [-0.2, 0) is 6.54 Å². The average Bonchev–Trinajstić information content (AvgIpc) is 3.49. The van der Waals surface area contributed by atoms with Crippen LogP contribution in [-0.4, -0.2) is 61.0 Å². The maximum atomic E-state index is 13.2. The molecule has 2 aliphatic heterocycles. The molecule has 1 fully saturated rings. The lowest BCUT2D eigenvalue weighted by molar-refractivity contribution is 0.0658. The van der Waals surface area contributed by atoms with Gasteiger partial charge in [0.05, 0.1) is 11.8 Å². The highest BCUT2D eigenvalue weighted by atomic mass is 16.2. The van der Waals surface area contributed by atoms with E-state index in [9.17, 15) is 9.59 Å². The molecular formula is C22H24N6O2. The Kier molecular flexibility index (Phi) is 4.82. The van der Waals surface area contributed by atoms with Crippen LogP contribution >= 0.6 is 0 Å². The van der Waals surface area contributed by atoms with Gasteiger partial charge in [0.15, 0.2) is 0 Å². The van der Waals surface area contributed by atoms with Crippen LogP contribution in [0.3, 0.4) is 0 Å². The molecule has 5 rings (SSSR count). The highest BCUT2D eigenvalue weighted by Gasteiger charge is 2.36. The molecule has 1 saturated heterocycles. The fourth-order valence-electron chi connectivity index (χ4n) is 4.39. The summed E-state index contributed by atoms with van der Waals surface area (Å²) in [5.74, 6) is 0.608. The molecule has 2 aromatic heterocycles. The van der Waals surface area contributed by atoms with Crippen LogP contribution in [0.1, 0.15) is 57.5 Å². The lowest BCUT2D eigenvalue weighted by Crippen LogP contribution is -2.42. The molecule has 154 valence electrons. The largest absolute Gasteiger partial charge is 0.337 e. The van der Waals surface area contributed by atoms with E-state index in [-0.39, 0.29) is 17.9 Å². The normalized spacial score (nSPS) is 18.9. The molecule has 4 heterocycles. The number of fused-ring (bicyclic) bond motifs is 1. The van der Waals surface area contributed by atoms with Crippen molar-refractivity contribution < 1.29 is 9.59 Å². The Hall–Kier alpha value is -3.42. The average molecular weight is 404 g/mol. The van der Waals surface area contributed by atoms with Crippen molar-refractivity contribution in [3.05, 3.63) is 71.6 Å². The number of H-pyrrole nitrogens is 1. The number of aromatic amines is 1. The second-order valence-corrected chi connectivity index (χ2v) is 7.83. The minimum Gasteiger partial charge on any atom is -0.337 e. The topological polar surface area (TPSA) is 87.1 Å². The van der Waals surface area contributed by atoms with Crippen molar-refractivity contribution in [3.8, 4) is 0 Å². The first-order valence-corrected chi connectivity index (χ1v) is 10.4. The lowest BCUT2D eigenvalue weighted by Gasteiger charge is -2.36. The lowest BCUT2D eigenvalue weighted by atomic mass is 10.0. The minimum absolute atomic E-state index is 0.0175. The number of imidazole rings is 1. The van der Waals surface area contributed by atoms with Crippen LogP contribution in [0, 0.1) is 0 Å². The SMILES string of the molecule is O=C(c1cn2c(n1)C(c1ccccc1)N(C(=O)c1cn[nH]c1)CC2)N1CCCCC1. The molecule has 0 bridgehead atoms. The number of aromatic nitrogens is 4. The van der Waals surface area contributed by atoms with E-state index in [4.69, 9.17) is 4.98 Å². The van der Waals surface area contributed by atoms with Crippen molar-refractivity contribution in [2.24, 2.45) is 0 Å². The summed E-state index contributed by atoms with van der Waals surface area (Å²) in [5.41, 5.74) is 1.95. The number of carbonyl (C=O) groups is 2. The molecule has 1 N–H and O–H groups in total. The fraction of sp³-hybridized carbons (Fsp3) is 0.364. The number of carbonyl (C=O) groups excluding carboxylic acids is 2. The molecule has 2 amide bonds. The van der Waals surface area contributed by atoms with Gasteiger partial charge in [0, 0.05) is 38.6 Å². The van der Waals surface area contributed by atoms with E-state index in [1.807, 2.05) is 50.9 Å². The molecular weight excluding hydrogens is 380 g/mol. The molecule has 8 heteroatoms. The molecule has 0 spiro atoms. The Labute approximate surface area is 174 Å². The standard InChI is InChI=1S/C22H24N6O2/c29-21(17-13-23-24-14-17)28-12-11-27-15-18(22(30)26-9-5-2-6-10-26)25-20(27)19(28)16-7-3-1-4-8-16/h1,3-4,7-8,13-15,19H,2,5-6,9-12H2,(H,23,24). The Balaban J connectivity index is 1.52. The molecule has 1 aromatic carbocycles. The number of benzene rings is 1. The van der Waals surface area contributed by atoms with Crippen molar-refractivity contribution in [1.29, 1.82) is 0 Å². The van der Waals surface area contributed by atoms with E-state index in [0.29, 0.717) is 24.3 Å². The smallest absolute Gasteiger partial charge is 0.274 e. The second kappa shape index (κ2) is 7.78. The number of likely N-dealkylation sites (tertiary alicyclic amines) is 1. The number of rotatable bonds is 3. The molecule has 30 heavy (non-hydrogen) atoms. The third-order valence-corrected chi connectivity index (χ3v) is 5.93. The summed E-state index contributed by atoms with van der Waals surface area (Å²) >= 11 is 0. The van der Waals surface area contributed by atoms with E-state index >= 15 is 0 Å². The molecule has 8 nitrogen and oxygen atoms in total. The molecule has 0 aliphatic carbocycles. The first-order valence-electron chi connectivity index (χ1n) is 10.4. The first-order chi connectivity index (χ1) is 14.7. The summed E-state index contributed by atoms with van der Waals surface area (Å²) in [6.45, 7) is 2.70. The van der Waals surface area contributed by atoms with Crippen LogP contribution in [0.15, 0.2) is 48.9 Å². The van der Waals surface area contributed by atoms with Crippen LogP contribution in [0.2, 0.25) is 0 Å². The fourth-order valence-corrected chi connectivity index (χ4v) is 4.39. The van der Waals surface area contributed by atoms with Crippen LogP contribution in [0.25, 0.3) is 0 Å². The predicted octanol–water partition coefficient (Wildman–Crippen LogP) is 2.48. The molecule has 1 atom stereocenters. The monoisotopic (exact) mass is 404 g/mol. The zero-order valence-corrected chi connectivity index (χ0v) is 16.7. The zero-order chi connectivity index (χ0) is 20.5. The highest BCUT2D eigenvalue weighted by molar-refractivity contribution is 5.94. The summed E-state index contributed by atoms with van der Waals surface area (Å²) in [5, 5.41) is 6.63. The van der Waals surface area contributed by atoms with E-state index in [1.54, 1.807) is 6.20 Å². The van der Waals surface area contributed by atoms with Gasteiger partial charge in [0.2, 0.25) is 0 Å². The van der Waals surface area contributed by atoms with Gasteiger partial charge in [-0.05, 0) is 24.8 Å². The van der Waals surface area contributed by atoms with Crippen molar-refractivity contribution in [2.45, 2.75) is 31.8 Å². The van der Waals surface area contributed by atoms with Gasteiger partial charge < -0.3 is 14.4 Å². The maximum Gasteiger partial charge on any atom is 0.274 e. The van der Waals surface area contributed by atoms with Gasteiger partial charge in [-0.3, -0.25) is 14.7 Å². The van der Waals surface area contributed by atoms with Gasteiger partial charge >= 0.3 is 0 Å². The van der Waals surface area contributed by atoms with E-state index in [2.05, 4.69) is 10.2 Å². The first kappa shape index (κ1) is 18.6. The van der Waals surface area contributed by atoms with Gasteiger partial charge in [0.1, 0.15) is 17.6 Å². The van der Waals surface area contributed by atoms with Gasteiger partial charge in [0.25, 0.3) is 11.8 Å². The molecule has 0 saturated carbocycles. The molecule has 1 unspecified atom stereocenters. The Morgan fingerprint density at radius 3 is 2.50 bits per heavy atom. The van der Waals surface area contributed by atoms with Crippen molar-refractivity contribution in [3.63, 3.8) is 0 Å². The summed E-state index contributed by atoms with van der Waals surface area (Å²) < 4.78 is 2.02. The number of amides is 2. The quantitative estimate of drug-likeness (QED) is 0.727.